The van der Waals surface area contributed by atoms with Crippen molar-refractivity contribution in [1.82, 2.24) is 0 Å². The summed E-state index contributed by atoms with van der Waals surface area (Å²) in [4.78, 5) is 1.61. The summed E-state index contributed by atoms with van der Waals surface area (Å²) in [7, 11) is 0. The molecule has 1 heterocycles. The van der Waals surface area contributed by atoms with E-state index in [4.69, 9.17) is 11.6 Å². The number of alkyl halides is 1. The third kappa shape index (κ3) is 2.08. The Morgan fingerprint density at radius 3 is 2.69 bits per heavy atom. The molecule has 0 bridgehead atoms. The molecule has 0 aromatic carbocycles. The van der Waals surface area contributed by atoms with Crippen molar-refractivity contribution in [2.45, 2.75) is 44.4 Å². The largest absolute Gasteiger partial charge is 0.148 e. The van der Waals surface area contributed by atoms with Crippen molar-refractivity contribution in [2.24, 2.45) is 0 Å². The first-order valence-electron chi connectivity index (χ1n) is 5.06. The molecule has 0 saturated carbocycles. The van der Waals surface area contributed by atoms with E-state index in [9.17, 15) is 0 Å². The molecule has 0 nitrogen and oxygen atoms in total. The summed E-state index contributed by atoms with van der Waals surface area (Å²) in [5.74, 6) is 0.700. The molecule has 2 heteroatoms. The van der Waals surface area contributed by atoms with Crippen LogP contribution >= 0.6 is 22.9 Å². The van der Waals surface area contributed by atoms with Gasteiger partial charge in [0.15, 0.2) is 0 Å². The van der Waals surface area contributed by atoms with Crippen molar-refractivity contribution < 1.29 is 0 Å². The fraction of sp³-hybridized carbons (Fsp3) is 0.636. The topological polar surface area (TPSA) is 0 Å². The molecule has 0 aliphatic heterocycles. The second-order valence-electron chi connectivity index (χ2n) is 3.71. The Morgan fingerprint density at radius 2 is 1.92 bits per heavy atom. The van der Waals surface area contributed by atoms with Gasteiger partial charge in [0.1, 0.15) is 0 Å². The molecule has 0 fully saturated rings. The Bertz CT molecular complexity index is 278. The molecule has 1 aliphatic carbocycles. The van der Waals surface area contributed by atoms with E-state index in [0.717, 1.165) is 0 Å². The monoisotopic (exact) mass is 214 g/mol. The first-order chi connectivity index (χ1) is 6.42. The molecular weight excluding hydrogens is 200 g/mol. The Kier molecular flexibility index (Phi) is 3.28. The van der Waals surface area contributed by atoms with Gasteiger partial charge in [0.2, 0.25) is 0 Å². The molecule has 0 N–H and O–H groups in total. The van der Waals surface area contributed by atoms with E-state index in [0.29, 0.717) is 5.88 Å². The smallest absolute Gasteiger partial charge is 0.0485 e. The van der Waals surface area contributed by atoms with E-state index in [2.05, 4.69) is 5.38 Å². The second kappa shape index (κ2) is 4.47. The number of rotatable bonds is 1. The molecule has 1 aromatic heterocycles. The van der Waals surface area contributed by atoms with Crippen LogP contribution in [0, 0.1) is 0 Å². The molecule has 72 valence electrons. The van der Waals surface area contributed by atoms with Crippen LogP contribution in [0.3, 0.4) is 0 Å². The van der Waals surface area contributed by atoms with E-state index >= 15 is 0 Å². The maximum absolute atomic E-state index is 5.91. The van der Waals surface area contributed by atoms with E-state index in [1.165, 1.54) is 44.1 Å². The Labute approximate surface area is 88.9 Å². The van der Waals surface area contributed by atoms with Gasteiger partial charge in [0, 0.05) is 10.8 Å². The zero-order chi connectivity index (χ0) is 9.10. The van der Waals surface area contributed by atoms with Crippen LogP contribution in [0.4, 0.5) is 0 Å². The van der Waals surface area contributed by atoms with Crippen LogP contribution in [-0.4, -0.2) is 0 Å². The van der Waals surface area contributed by atoms with Gasteiger partial charge in [-0.1, -0.05) is 12.8 Å². The van der Waals surface area contributed by atoms with E-state index < -0.39 is 0 Å². The van der Waals surface area contributed by atoms with Crippen LogP contribution in [0.15, 0.2) is 5.38 Å². The van der Waals surface area contributed by atoms with Crippen LogP contribution in [0.1, 0.15) is 41.7 Å². The number of halogens is 1. The SMILES string of the molecule is ClCc1csc2c1CCCCCC2. The molecular formula is C11H15ClS. The minimum atomic E-state index is 0.700. The van der Waals surface area contributed by atoms with E-state index in [1.54, 1.807) is 10.4 Å². The second-order valence-corrected chi connectivity index (χ2v) is 4.94. The van der Waals surface area contributed by atoms with E-state index in [1.807, 2.05) is 11.3 Å². The first kappa shape index (κ1) is 9.54. The van der Waals surface area contributed by atoms with Crippen LogP contribution in [0.5, 0.6) is 0 Å². The highest BCUT2D eigenvalue weighted by atomic mass is 35.5. The molecule has 0 amide bonds. The summed E-state index contributed by atoms with van der Waals surface area (Å²) < 4.78 is 0. The van der Waals surface area contributed by atoms with Gasteiger partial charge in [-0.05, 0) is 42.2 Å². The first-order valence-corrected chi connectivity index (χ1v) is 6.47. The molecule has 1 aromatic rings. The highest BCUT2D eigenvalue weighted by Crippen LogP contribution is 2.29. The molecule has 0 radical (unpaired) electrons. The lowest BCUT2D eigenvalue weighted by Gasteiger charge is -2.10. The normalized spacial score (nSPS) is 17.6. The van der Waals surface area contributed by atoms with Crippen molar-refractivity contribution in [3.63, 3.8) is 0 Å². The summed E-state index contributed by atoms with van der Waals surface area (Å²) in [6.07, 6.45) is 8.09. The number of thiophene rings is 1. The Hall–Kier alpha value is -0.0100. The average Bonchev–Trinajstić information content (AvgIpc) is 2.46. The zero-order valence-corrected chi connectivity index (χ0v) is 9.39. The number of hydrogen-bond acceptors (Lipinski definition) is 1. The van der Waals surface area contributed by atoms with Crippen LogP contribution in [0.25, 0.3) is 0 Å². The minimum Gasteiger partial charge on any atom is -0.148 e. The molecule has 0 unspecified atom stereocenters. The maximum Gasteiger partial charge on any atom is 0.0485 e. The minimum absolute atomic E-state index is 0.700. The Balaban J connectivity index is 2.25. The van der Waals surface area contributed by atoms with Gasteiger partial charge >= 0.3 is 0 Å². The molecule has 0 atom stereocenters. The summed E-state index contributed by atoms with van der Waals surface area (Å²) in [5.41, 5.74) is 2.98. The summed E-state index contributed by atoms with van der Waals surface area (Å²) in [6.45, 7) is 0. The summed E-state index contributed by atoms with van der Waals surface area (Å²) in [5, 5.41) is 2.25. The van der Waals surface area contributed by atoms with Gasteiger partial charge in [-0.2, -0.15) is 0 Å². The molecule has 2 rings (SSSR count). The zero-order valence-electron chi connectivity index (χ0n) is 7.81. The molecule has 0 spiro atoms. The molecule has 0 saturated heterocycles. The van der Waals surface area contributed by atoms with Gasteiger partial charge in [-0.3, -0.25) is 0 Å². The van der Waals surface area contributed by atoms with Gasteiger partial charge in [0.25, 0.3) is 0 Å². The number of fused-ring (bicyclic) bond motifs is 1. The lowest BCUT2D eigenvalue weighted by Crippen LogP contribution is -1.97. The predicted molar refractivity (Wildman–Crippen MR) is 59.8 cm³/mol. The third-order valence-electron chi connectivity index (χ3n) is 2.79. The quantitative estimate of drug-likeness (QED) is 0.617. The van der Waals surface area contributed by atoms with Crippen molar-refractivity contribution in [3.8, 4) is 0 Å². The van der Waals surface area contributed by atoms with Crippen LogP contribution in [-0.2, 0) is 18.7 Å². The number of aryl methyl sites for hydroxylation is 1. The fourth-order valence-electron chi connectivity index (χ4n) is 2.03. The Morgan fingerprint density at radius 1 is 1.15 bits per heavy atom. The van der Waals surface area contributed by atoms with Crippen molar-refractivity contribution in [1.29, 1.82) is 0 Å². The van der Waals surface area contributed by atoms with Crippen molar-refractivity contribution >= 4 is 22.9 Å². The summed E-state index contributed by atoms with van der Waals surface area (Å²) >= 11 is 7.82. The van der Waals surface area contributed by atoms with Crippen molar-refractivity contribution in [2.75, 3.05) is 0 Å². The van der Waals surface area contributed by atoms with Crippen LogP contribution < -0.4 is 0 Å². The van der Waals surface area contributed by atoms with Gasteiger partial charge in [0.05, 0.1) is 0 Å². The van der Waals surface area contributed by atoms with Gasteiger partial charge in [-0.15, -0.1) is 22.9 Å². The number of hydrogen-bond donors (Lipinski definition) is 0. The molecule has 1 aliphatic rings. The highest BCUT2D eigenvalue weighted by molar-refractivity contribution is 7.10. The summed E-state index contributed by atoms with van der Waals surface area (Å²) in [6, 6.07) is 0. The standard InChI is InChI=1S/C11H15ClS/c12-7-9-8-13-11-6-4-2-1-3-5-10(9)11/h8H,1-7H2. The van der Waals surface area contributed by atoms with Gasteiger partial charge in [-0.25, -0.2) is 0 Å². The highest BCUT2D eigenvalue weighted by Gasteiger charge is 2.12. The average molecular weight is 215 g/mol. The third-order valence-corrected chi connectivity index (χ3v) is 4.22. The van der Waals surface area contributed by atoms with E-state index in [-0.39, 0.29) is 0 Å². The lowest BCUT2D eigenvalue weighted by atomic mass is 9.97. The van der Waals surface area contributed by atoms with Crippen LogP contribution in [0.2, 0.25) is 0 Å². The van der Waals surface area contributed by atoms with Gasteiger partial charge < -0.3 is 0 Å². The maximum atomic E-state index is 5.91. The fourth-order valence-corrected chi connectivity index (χ4v) is 3.50. The molecule has 13 heavy (non-hydrogen) atoms. The lowest BCUT2D eigenvalue weighted by molar-refractivity contribution is 0.621. The van der Waals surface area contributed by atoms with Crippen molar-refractivity contribution in [3.05, 3.63) is 21.4 Å². The predicted octanol–water partition coefficient (Wildman–Crippen LogP) is 4.15.